The Morgan fingerprint density at radius 1 is 1.11 bits per heavy atom. The highest BCUT2D eigenvalue weighted by Gasteiger charge is 2.11. The van der Waals surface area contributed by atoms with Crippen LogP contribution in [0.5, 0.6) is 0 Å². The molecule has 18 heavy (non-hydrogen) atoms. The molecular weight excluding hydrogens is 407 g/mol. The number of halogens is 4. The van der Waals surface area contributed by atoms with E-state index in [9.17, 15) is 0 Å². The van der Waals surface area contributed by atoms with Gasteiger partial charge in [-0.15, -0.1) is 0 Å². The van der Waals surface area contributed by atoms with Crippen molar-refractivity contribution >= 4 is 72.5 Å². The van der Waals surface area contributed by atoms with E-state index in [0.29, 0.717) is 26.0 Å². The average molecular weight is 413 g/mol. The molecule has 0 aliphatic carbocycles. The summed E-state index contributed by atoms with van der Waals surface area (Å²) in [6.07, 6.45) is 1.55. The van der Waals surface area contributed by atoms with Gasteiger partial charge >= 0.3 is 0 Å². The first-order valence-corrected chi connectivity index (χ1v) is 7.01. The Labute approximate surface area is 130 Å². The van der Waals surface area contributed by atoms with Crippen LogP contribution >= 0.6 is 55.1 Å². The summed E-state index contributed by atoms with van der Waals surface area (Å²) in [5.41, 5.74) is 6.15. The molecule has 0 saturated heterocycles. The standard InChI is InChI=1S/C10H6Br2Cl2N4/c11-4-1-2-6(8(14)7(4)13)17-9-5(12)3-16-10(15)18-9/h1-3H,(H3,15,16,17,18). The average Bonchev–Trinajstić information content (AvgIpc) is 2.34. The number of hydrogen-bond acceptors (Lipinski definition) is 4. The van der Waals surface area contributed by atoms with Gasteiger partial charge in [-0.25, -0.2) is 4.98 Å². The van der Waals surface area contributed by atoms with E-state index >= 15 is 0 Å². The molecule has 0 aliphatic heterocycles. The van der Waals surface area contributed by atoms with E-state index in [0.717, 1.165) is 4.47 Å². The zero-order chi connectivity index (χ0) is 13.3. The molecule has 3 N–H and O–H groups in total. The minimum absolute atomic E-state index is 0.167. The Morgan fingerprint density at radius 3 is 2.56 bits per heavy atom. The van der Waals surface area contributed by atoms with Crippen LogP contribution in [0.1, 0.15) is 0 Å². The van der Waals surface area contributed by atoms with E-state index in [2.05, 4.69) is 47.1 Å². The van der Waals surface area contributed by atoms with Gasteiger partial charge in [0.15, 0.2) is 0 Å². The van der Waals surface area contributed by atoms with Crippen molar-refractivity contribution in [1.29, 1.82) is 0 Å². The number of hydrogen-bond donors (Lipinski definition) is 2. The van der Waals surface area contributed by atoms with Crippen molar-refractivity contribution in [3.8, 4) is 0 Å². The van der Waals surface area contributed by atoms with Crippen molar-refractivity contribution in [3.05, 3.63) is 37.3 Å². The molecule has 8 heteroatoms. The zero-order valence-corrected chi connectivity index (χ0v) is 13.4. The zero-order valence-electron chi connectivity index (χ0n) is 8.72. The lowest BCUT2D eigenvalue weighted by Gasteiger charge is -2.11. The fraction of sp³-hybridized carbons (Fsp3) is 0. The van der Waals surface area contributed by atoms with Gasteiger partial charge in [-0.1, -0.05) is 23.2 Å². The van der Waals surface area contributed by atoms with E-state index < -0.39 is 0 Å². The third kappa shape index (κ3) is 2.88. The summed E-state index contributed by atoms with van der Waals surface area (Å²) in [5.74, 6) is 0.683. The number of benzene rings is 1. The second-order valence-corrected chi connectivity index (χ2v) is 5.74. The number of nitrogens with zero attached hydrogens (tertiary/aromatic N) is 2. The molecule has 2 rings (SSSR count). The van der Waals surface area contributed by atoms with Crippen molar-refractivity contribution < 1.29 is 0 Å². The van der Waals surface area contributed by atoms with Crippen LogP contribution in [0.3, 0.4) is 0 Å². The smallest absolute Gasteiger partial charge is 0.222 e. The number of nitrogen functional groups attached to an aromatic ring is 1. The molecule has 0 amide bonds. The molecular formula is C10H6Br2Cl2N4. The van der Waals surface area contributed by atoms with Crippen molar-refractivity contribution in [3.63, 3.8) is 0 Å². The van der Waals surface area contributed by atoms with Crippen LogP contribution in [-0.4, -0.2) is 9.97 Å². The second kappa shape index (κ2) is 5.61. The Kier molecular flexibility index (Phi) is 4.32. The van der Waals surface area contributed by atoms with E-state index in [1.54, 1.807) is 18.3 Å². The highest BCUT2D eigenvalue weighted by Crippen LogP contribution is 2.37. The third-order valence-corrected chi connectivity index (χ3v) is 4.40. The van der Waals surface area contributed by atoms with Gasteiger partial charge < -0.3 is 11.1 Å². The van der Waals surface area contributed by atoms with Gasteiger partial charge in [-0.2, -0.15) is 4.98 Å². The SMILES string of the molecule is Nc1ncc(Br)c(Nc2ccc(Br)c(Cl)c2Cl)n1. The summed E-state index contributed by atoms with van der Waals surface area (Å²) in [5, 5.41) is 3.86. The maximum atomic E-state index is 6.13. The molecule has 0 fully saturated rings. The highest BCUT2D eigenvalue weighted by atomic mass is 79.9. The molecule has 2 aromatic rings. The first kappa shape index (κ1) is 13.9. The van der Waals surface area contributed by atoms with Gasteiger partial charge in [0.05, 0.1) is 20.2 Å². The minimum atomic E-state index is 0.167. The summed E-state index contributed by atoms with van der Waals surface area (Å²) in [6, 6.07) is 3.57. The molecule has 1 aromatic carbocycles. The summed E-state index contributed by atoms with van der Waals surface area (Å²) in [4.78, 5) is 7.90. The van der Waals surface area contributed by atoms with Crippen LogP contribution in [0.15, 0.2) is 27.3 Å². The van der Waals surface area contributed by atoms with Gasteiger partial charge in [-0.3, -0.25) is 0 Å². The Bertz CT molecular complexity index is 607. The lowest BCUT2D eigenvalue weighted by atomic mass is 10.3. The summed E-state index contributed by atoms with van der Waals surface area (Å²) >= 11 is 18.8. The quantitative estimate of drug-likeness (QED) is 0.705. The van der Waals surface area contributed by atoms with Gasteiger partial charge in [0, 0.05) is 10.7 Å². The first-order chi connectivity index (χ1) is 8.49. The molecule has 94 valence electrons. The summed E-state index contributed by atoms with van der Waals surface area (Å²) in [6.45, 7) is 0. The summed E-state index contributed by atoms with van der Waals surface area (Å²) in [7, 11) is 0. The molecule has 0 spiro atoms. The molecule has 0 bridgehead atoms. The minimum Gasteiger partial charge on any atom is -0.368 e. The maximum Gasteiger partial charge on any atom is 0.222 e. The molecule has 1 aromatic heterocycles. The predicted octanol–water partition coefficient (Wildman–Crippen LogP) is 4.63. The van der Waals surface area contributed by atoms with Gasteiger partial charge in [0.1, 0.15) is 5.82 Å². The lowest BCUT2D eigenvalue weighted by molar-refractivity contribution is 1.17. The van der Waals surface area contributed by atoms with Crippen LogP contribution in [0.2, 0.25) is 10.0 Å². The molecule has 0 saturated carbocycles. The Morgan fingerprint density at radius 2 is 1.83 bits per heavy atom. The molecule has 0 radical (unpaired) electrons. The normalized spacial score (nSPS) is 10.4. The number of aromatic nitrogens is 2. The van der Waals surface area contributed by atoms with Crippen molar-refractivity contribution in [2.24, 2.45) is 0 Å². The van der Waals surface area contributed by atoms with Crippen LogP contribution in [0, 0.1) is 0 Å². The first-order valence-electron chi connectivity index (χ1n) is 4.67. The molecule has 0 unspecified atom stereocenters. The van der Waals surface area contributed by atoms with Crippen LogP contribution < -0.4 is 11.1 Å². The number of rotatable bonds is 2. The monoisotopic (exact) mass is 410 g/mol. The number of nitrogens with two attached hydrogens (primary N) is 1. The van der Waals surface area contributed by atoms with Gasteiger partial charge in [-0.05, 0) is 44.0 Å². The van der Waals surface area contributed by atoms with Gasteiger partial charge in [0.25, 0.3) is 0 Å². The molecule has 4 nitrogen and oxygen atoms in total. The van der Waals surface area contributed by atoms with Crippen LogP contribution in [0.25, 0.3) is 0 Å². The molecule has 0 aliphatic rings. The fourth-order valence-electron chi connectivity index (χ4n) is 1.22. The van der Waals surface area contributed by atoms with Gasteiger partial charge in [0.2, 0.25) is 5.95 Å². The maximum absolute atomic E-state index is 6.13. The van der Waals surface area contributed by atoms with Crippen LogP contribution in [-0.2, 0) is 0 Å². The molecule has 1 heterocycles. The number of nitrogens with one attached hydrogen (secondary N) is 1. The Hall–Kier alpha value is -0.560. The third-order valence-electron chi connectivity index (χ3n) is 2.05. The fourth-order valence-corrected chi connectivity index (χ4v) is 2.33. The topological polar surface area (TPSA) is 63.8 Å². The second-order valence-electron chi connectivity index (χ2n) is 3.27. The summed E-state index contributed by atoms with van der Waals surface area (Å²) < 4.78 is 1.40. The molecule has 0 atom stereocenters. The van der Waals surface area contributed by atoms with E-state index in [4.69, 9.17) is 28.9 Å². The lowest BCUT2D eigenvalue weighted by Crippen LogP contribution is -2.01. The number of anilines is 3. The van der Waals surface area contributed by atoms with E-state index in [1.807, 2.05) is 0 Å². The van der Waals surface area contributed by atoms with Crippen molar-refractivity contribution in [2.75, 3.05) is 11.1 Å². The largest absolute Gasteiger partial charge is 0.368 e. The van der Waals surface area contributed by atoms with E-state index in [1.165, 1.54) is 0 Å². The Balaban J connectivity index is 2.40. The highest BCUT2D eigenvalue weighted by molar-refractivity contribution is 9.11. The van der Waals surface area contributed by atoms with Crippen LogP contribution in [0.4, 0.5) is 17.5 Å². The predicted molar refractivity (Wildman–Crippen MR) is 81.6 cm³/mol. The van der Waals surface area contributed by atoms with E-state index in [-0.39, 0.29) is 5.95 Å². The van der Waals surface area contributed by atoms with Crippen molar-refractivity contribution in [2.45, 2.75) is 0 Å². The van der Waals surface area contributed by atoms with Crippen molar-refractivity contribution in [1.82, 2.24) is 9.97 Å².